The molecular formula is C12H20N+. The van der Waals surface area contributed by atoms with Gasteiger partial charge >= 0.3 is 0 Å². The van der Waals surface area contributed by atoms with Crippen LogP contribution in [0.4, 0.5) is 0 Å². The van der Waals surface area contributed by atoms with Crippen molar-refractivity contribution in [2.45, 2.75) is 47.1 Å². The number of pyridine rings is 1. The largest absolute Gasteiger partial charge is 0.201 e. The fourth-order valence-electron chi connectivity index (χ4n) is 1.94. The third-order valence-corrected chi connectivity index (χ3v) is 2.49. The van der Waals surface area contributed by atoms with Crippen molar-refractivity contribution in [2.75, 3.05) is 0 Å². The van der Waals surface area contributed by atoms with Crippen LogP contribution >= 0.6 is 0 Å². The Morgan fingerprint density at radius 2 is 1.62 bits per heavy atom. The average Bonchev–Trinajstić information content (AvgIpc) is 2.04. The Balaban J connectivity index is 3.05. The van der Waals surface area contributed by atoms with E-state index < -0.39 is 0 Å². The van der Waals surface area contributed by atoms with Crippen molar-refractivity contribution < 1.29 is 4.57 Å². The van der Waals surface area contributed by atoms with Crippen molar-refractivity contribution in [1.82, 2.24) is 0 Å². The van der Waals surface area contributed by atoms with Crippen LogP contribution in [-0.4, -0.2) is 0 Å². The molecule has 72 valence electrons. The Morgan fingerprint density at radius 1 is 1.08 bits per heavy atom. The smallest absolute Gasteiger partial charge is 0.178 e. The highest BCUT2D eigenvalue weighted by molar-refractivity contribution is 5.15. The molecule has 0 unspecified atom stereocenters. The van der Waals surface area contributed by atoms with Crippen LogP contribution in [0.3, 0.4) is 0 Å². The van der Waals surface area contributed by atoms with Gasteiger partial charge in [-0.15, -0.1) is 0 Å². The van der Waals surface area contributed by atoms with E-state index in [4.69, 9.17) is 0 Å². The molecule has 13 heavy (non-hydrogen) atoms. The summed E-state index contributed by atoms with van der Waals surface area (Å²) in [5, 5.41) is 0. The van der Waals surface area contributed by atoms with Gasteiger partial charge in [0.15, 0.2) is 11.4 Å². The minimum absolute atomic E-state index is 1.07. The fraction of sp³-hybridized carbons (Fsp3) is 0.583. The normalized spacial score (nSPS) is 10.5. The molecule has 1 heterocycles. The summed E-state index contributed by atoms with van der Waals surface area (Å²) in [6.45, 7) is 9.88. The molecule has 0 saturated heterocycles. The molecule has 0 saturated carbocycles. The standard InChI is InChI=1S/C12H20N/c1-5-7-12-8-10(3)13(6-2)11(4)9-12/h8-9H,5-7H2,1-4H3/q+1. The van der Waals surface area contributed by atoms with E-state index in [2.05, 4.69) is 44.4 Å². The van der Waals surface area contributed by atoms with E-state index in [1.807, 2.05) is 0 Å². The van der Waals surface area contributed by atoms with Gasteiger partial charge in [0.05, 0.1) is 0 Å². The number of aryl methyl sites for hydroxylation is 3. The molecule has 0 aliphatic heterocycles. The molecule has 0 aromatic carbocycles. The Hall–Kier alpha value is -0.850. The first-order valence-electron chi connectivity index (χ1n) is 5.19. The van der Waals surface area contributed by atoms with Crippen molar-refractivity contribution >= 4 is 0 Å². The highest BCUT2D eigenvalue weighted by atomic mass is 15.0. The van der Waals surface area contributed by atoms with Crippen LogP contribution in [0.25, 0.3) is 0 Å². The van der Waals surface area contributed by atoms with Crippen LogP contribution in [0.1, 0.15) is 37.2 Å². The van der Waals surface area contributed by atoms with Crippen molar-refractivity contribution in [1.29, 1.82) is 0 Å². The second kappa shape index (κ2) is 4.40. The van der Waals surface area contributed by atoms with Gasteiger partial charge in [-0.05, 0) is 18.9 Å². The third-order valence-electron chi connectivity index (χ3n) is 2.49. The van der Waals surface area contributed by atoms with E-state index in [1.54, 1.807) is 0 Å². The average molecular weight is 178 g/mol. The SMILES string of the molecule is CCCc1cc(C)[n+](CC)c(C)c1. The summed E-state index contributed by atoms with van der Waals surface area (Å²) >= 11 is 0. The predicted molar refractivity (Wildman–Crippen MR) is 55.8 cm³/mol. The van der Waals surface area contributed by atoms with Gasteiger partial charge in [0.25, 0.3) is 0 Å². The number of nitrogens with zero attached hydrogens (tertiary/aromatic N) is 1. The second-order valence-corrected chi connectivity index (χ2v) is 3.64. The third kappa shape index (κ3) is 2.30. The molecular weight excluding hydrogens is 158 g/mol. The summed E-state index contributed by atoms with van der Waals surface area (Å²) in [5.41, 5.74) is 4.24. The minimum atomic E-state index is 1.07. The first kappa shape index (κ1) is 10.2. The number of hydrogen-bond acceptors (Lipinski definition) is 0. The first-order valence-corrected chi connectivity index (χ1v) is 5.19. The summed E-state index contributed by atoms with van der Waals surface area (Å²) in [7, 11) is 0. The van der Waals surface area contributed by atoms with Gasteiger partial charge in [0, 0.05) is 26.0 Å². The van der Waals surface area contributed by atoms with E-state index in [0.29, 0.717) is 0 Å². The summed E-state index contributed by atoms with van der Waals surface area (Å²) in [6.07, 6.45) is 2.43. The first-order chi connectivity index (χ1) is 6.19. The molecule has 1 nitrogen and oxygen atoms in total. The topological polar surface area (TPSA) is 3.88 Å². The zero-order chi connectivity index (χ0) is 9.84. The van der Waals surface area contributed by atoms with Gasteiger partial charge in [-0.1, -0.05) is 13.3 Å². The zero-order valence-electron chi connectivity index (χ0n) is 9.22. The van der Waals surface area contributed by atoms with Gasteiger partial charge < -0.3 is 0 Å². The highest BCUT2D eigenvalue weighted by Crippen LogP contribution is 2.05. The van der Waals surface area contributed by atoms with Crippen LogP contribution in [0.15, 0.2) is 12.1 Å². The molecule has 1 rings (SSSR count). The van der Waals surface area contributed by atoms with E-state index >= 15 is 0 Å². The number of aromatic nitrogens is 1. The Kier molecular flexibility index (Phi) is 3.47. The van der Waals surface area contributed by atoms with Gasteiger partial charge in [-0.3, -0.25) is 0 Å². The molecule has 0 N–H and O–H groups in total. The molecule has 0 atom stereocenters. The van der Waals surface area contributed by atoms with Gasteiger partial charge in [-0.2, -0.15) is 0 Å². The molecule has 0 aliphatic carbocycles. The quantitative estimate of drug-likeness (QED) is 0.626. The van der Waals surface area contributed by atoms with Gasteiger partial charge in [0.2, 0.25) is 0 Å². The van der Waals surface area contributed by atoms with Crippen molar-refractivity contribution in [3.8, 4) is 0 Å². The van der Waals surface area contributed by atoms with Crippen LogP contribution in [-0.2, 0) is 13.0 Å². The Bertz CT molecular complexity index is 266. The van der Waals surface area contributed by atoms with Crippen molar-refractivity contribution in [3.63, 3.8) is 0 Å². The fourth-order valence-corrected chi connectivity index (χ4v) is 1.94. The minimum Gasteiger partial charge on any atom is -0.201 e. The maximum Gasteiger partial charge on any atom is 0.178 e. The molecule has 0 spiro atoms. The highest BCUT2D eigenvalue weighted by Gasteiger charge is 2.09. The summed E-state index contributed by atoms with van der Waals surface area (Å²) in [5.74, 6) is 0. The van der Waals surface area contributed by atoms with E-state index in [1.165, 1.54) is 29.8 Å². The Morgan fingerprint density at radius 3 is 2.00 bits per heavy atom. The Labute approximate surface area is 81.4 Å². The zero-order valence-corrected chi connectivity index (χ0v) is 9.22. The lowest BCUT2D eigenvalue weighted by Gasteiger charge is -2.04. The number of hydrogen-bond donors (Lipinski definition) is 0. The number of rotatable bonds is 3. The van der Waals surface area contributed by atoms with Gasteiger partial charge in [-0.25, -0.2) is 4.57 Å². The monoisotopic (exact) mass is 178 g/mol. The van der Waals surface area contributed by atoms with Crippen molar-refractivity contribution in [3.05, 3.63) is 29.1 Å². The summed E-state index contributed by atoms with van der Waals surface area (Å²) < 4.78 is 2.35. The van der Waals surface area contributed by atoms with Crippen LogP contribution in [0.5, 0.6) is 0 Å². The van der Waals surface area contributed by atoms with Crippen LogP contribution in [0, 0.1) is 13.8 Å². The second-order valence-electron chi connectivity index (χ2n) is 3.64. The molecule has 1 aromatic heterocycles. The lowest BCUT2D eigenvalue weighted by molar-refractivity contribution is -0.705. The van der Waals surface area contributed by atoms with E-state index in [9.17, 15) is 0 Å². The molecule has 0 aliphatic rings. The molecule has 0 bridgehead atoms. The molecule has 0 radical (unpaired) electrons. The molecule has 1 aromatic rings. The maximum absolute atomic E-state index is 2.35. The molecule has 0 amide bonds. The van der Waals surface area contributed by atoms with E-state index in [-0.39, 0.29) is 0 Å². The summed E-state index contributed by atoms with van der Waals surface area (Å²) in [4.78, 5) is 0. The maximum atomic E-state index is 2.35. The van der Waals surface area contributed by atoms with Crippen LogP contribution in [0.2, 0.25) is 0 Å². The molecule has 1 heteroatoms. The van der Waals surface area contributed by atoms with Crippen LogP contribution < -0.4 is 4.57 Å². The predicted octanol–water partition coefficient (Wildman–Crippen LogP) is 2.56. The lowest BCUT2D eigenvalue weighted by atomic mass is 10.1. The van der Waals surface area contributed by atoms with E-state index in [0.717, 1.165) is 6.54 Å². The van der Waals surface area contributed by atoms with Crippen molar-refractivity contribution in [2.24, 2.45) is 0 Å². The summed E-state index contributed by atoms with van der Waals surface area (Å²) in [6, 6.07) is 4.61. The van der Waals surface area contributed by atoms with Gasteiger partial charge in [0.1, 0.15) is 6.54 Å². The lowest BCUT2D eigenvalue weighted by Crippen LogP contribution is -2.39. The molecule has 0 fully saturated rings.